The molecule has 0 aliphatic heterocycles. The zero-order chi connectivity index (χ0) is 15.8. The highest BCUT2D eigenvalue weighted by atomic mass is 16.5. The van der Waals surface area contributed by atoms with Gasteiger partial charge in [0.15, 0.2) is 0 Å². The highest BCUT2D eigenvalue weighted by Crippen LogP contribution is 2.24. The Morgan fingerprint density at radius 1 is 0.957 bits per heavy atom. The normalized spacial score (nSPS) is 11.2. The van der Waals surface area contributed by atoms with Gasteiger partial charge in [-0.3, -0.25) is 0 Å². The quantitative estimate of drug-likeness (QED) is 0.552. The summed E-state index contributed by atoms with van der Waals surface area (Å²) in [6, 6.07) is 20.6. The lowest BCUT2D eigenvalue weighted by molar-refractivity contribution is 0.302. The van der Waals surface area contributed by atoms with Gasteiger partial charge in [0.2, 0.25) is 0 Å². The number of hydrogen-bond donors (Lipinski definition) is 0. The van der Waals surface area contributed by atoms with E-state index in [1.54, 1.807) is 0 Å². The molecular weight excluding hydrogens is 284 g/mol. The number of benzene rings is 2. The van der Waals surface area contributed by atoms with Crippen LogP contribution >= 0.6 is 0 Å². The van der Waals surface area contributed by atoms with Gasteiger partial charge in [-0.05, 0) is 43.3 Å². The van der Waals surface area contributed by atoms with Crippen molar-refractivity contribution in [2.75, 3.05) is 0 Å². The van der Waals surface area contributed by atoms with E-state index in [4.69, 9.17) is 4.74 Å². The van der Waals surface area contributed by atoms with Crippen LogP contribution in [0.4, 0.5) is 0 Å². The second kappa shape index (κ2) is 5.43. The second-order valence-corrected chi connectivity index (χ2v) is 5.85. The molecule has 0 saturated heterocycles. The average Bonchev–Trinajstić information content (AvgIpc) is 2.87. The predicted molar refractivity (Wildman–Crippen MR) is 93.7 cm³/mol. The summed E-state index contributed by atoms with van der Waals surface area (Å²) in [5, 5.41) is 2.35. The number of rotatable bonds is 3. The largest absolute Gasteiger partial charge is 0.487 e. The fourth-order valence-corrected chi connectivity index (χ4v) is 2.90. The first-order chi connectivity index (χ1) is 11.2. The topological polar surface area (TPSA) is 27.1 Å². The molecule has 0 spiro atoms. The highest BCUT2D eigenvalue weighted by molar-refractivity contribution is 5.82. The third kappa shape index (κ3) is 2.55. The third-order valence-electron chi connectivity index (χ3n) is 4.30. The van der Waals surface area contributed by atoms with Crippen LogP contribution < -0.4 is 4.74 Å². The van der Waals surface area contributed by atoms with E-state index in [-0.39, 0.29) is 0 Å². The minimum atomic E-state index is 0.474. The first-order valence-corrected chi connectivity index (χ1v) is 7.74. The van der Waals surface area contributed by atoms with Crippen molar-refractivity contribution in [3.05, 3.63) is 72.1 Å². The molecule has 0 N–H and O–H groups in total. The van der Waals surface area contributed by atoms with Crippen LogP contribution in [-0.2, 0) is 13.7 Å². The van der Waals surface area contributed by atoms with Crippen molar-refractivity contribution in [2.45, 2.75) is 13.5 Å². The number of aryl methyl sites for hydroxylation is 2. The van der Waals surface area contributed by atoms with Crippen molar-refractivity contribution in [2.24, 2.45) is 7.05 Å². The maximum atomic E-state index is 5.93. The molecule has 0 radical (unpaired) electrons. The van der Waals surface area contributed by atoms with Crippen LogP contribution in [0.1, 0.15) is 11.4 Å². The second-order valence-electron chi connectivity index (χ2n) is 5.85. The Labute approximate surface area is 135 Å². The van der Waals surface area contributed by atoms with Gasteiger partial charge >= 0.3 is 0 Å². The Kier molecular flexibility index (Phi) is 3.27. The molecule has 4 aromatic rings. The molecule has 0 fully saturated rings. The zero-order valence-electron chi connectivity index (χ0n) is 13.3. The summed E-state index contributed by atoms with van der Waals surface area (Å²) in [4.78, 5) is 4.64. The Balaban J connectivity index is 1.57. The van der Waals surface area contributed by atoms with Gasteiger partial charge < -0.3 is 9.30 Å². The van der Waals surface area contributed by atoms with Gasteiger partial charge in [-0.2, -0.15) is 0 Å². The van der Waals surface area contributed by atoms with Crippen LogP contribution in [0.5, 0.6) is 5.75 Å². The molecule has 0 bridgehead atoms. The number of hydrogen-bond acceptors (Lipinski definition) is 2. The lowest BCUT2D eigenvalue weighted by Gasteiger charge is -2.07. The molecule has 2 aromatic heterocycles. The van der Waals surface area contributed by atoms with Gasteiger partial charge in [0, 0.05) is 29.0 Å². The van der Waals surface area contributed by atoms with Crippen LogP contribution in [0.2, 0.25) is 0 Å². The van der Waals surface area contributed by atoms with Crippen molar-refractivity contribution < 1.29 is 4.74 Å². The number of pyridine rings is 1. The minimum Gasteiger partial charge on any atom is -0.487 e. The summed E-state index contributed by atoms with van der Waals surface area (Å²) >= 11 is 0. The first kappa shape index (κ1) is 13.8. The average molecular weight is 302 g/mol. The fourth-order valence-electron chi connectivity index (χ4n) is 2.90. The van der Waals surface area contributed by atoms with Gasteiger partial charge in [0.25, 0.3) is 0 Å². The van der Waals surface area contributed by atoms with Gasteiger partial charge in [-0.25, -0.2) is 4.98 Å². The van der Waals surface area contributed by atoms with E-state index in [0.717, 1.165) is 22.3 Å². The number of nitrogens with zero attached hydrogens (tertiary/aromatic N) is 2. The lowest BCUT2D eigenvalue weighted by Crippen LogP contribution is -1.98. The van der Waals surface area contributed by atoms with Gasteiger partial charge in [-0.1, -0.05) is 24.3 Å². The Morgan fingerprint density at radius 2 is 1.83 bits per heavy atom. The van der Waals surface area contributed by atoms with Crippen molar-refractivity contribution >= 4 is 21.8 Å². The SMILES string of the molecule is Cc1cc2cc(OCc3ccc4ccccc4n3)ccc2n1C. The van der Waals surface area contributed by atoms with Crippen LogP contribution in [0.25, 0.3) is 21.8 Å². The van der Waals surface area contributed by atoms with Crippen molar-refractivity contribution in [3.63, 3.8) is 0 Å². The summed E-state index contributed by atoms with van der Waals surface area (Å²) < 4.78 is 8.11. The smallest absolute Gasteiger partial charge is 0.130 e. The molecule has 0 saturated carbocycles. The van der Waals surface area contributed by atoms with Crippen LogP contribution in [0, 0.1) is 6.92 Å². The summed E-state index contributed by atoms with van der Waals surface area (Å²) in [6.45, 7) is 2.59. The van der Waals surface area contributed by atoms with E-state index >= 15 is 0 Å². The van der Waals surface area contributed by atoms with Gasteiger partial charge in [-0.15, -0.1) is 0 Å². The standard InChI is InChI=1S/C20H18N2O/c1-14-11-16-12-18(9-10-20(16)22(14)2)23-13-17-8-7-15-5-3-4-6-19(15)21-17/h3-12H,13H2,1-2H3. The Morgan fingerprint density at radius 3 is 2.74 bits per heavy atom. The maximum Gasteiger partial charge on any atom is 0.130 e. The summed E-state index contributed by atoms with van der Waals surface area (Å²) in [7, 11) is 2.08. The molecule has 4 rings (SSSR count). The summed E-state index contributed by atoms with van der Waals surface area (Å²) in [5.74, 6) is 0.873. The molecule has 0 unspecified atom stereocenters. The molecule has 0 aliphatic rings. The lowest BCUT2D eigenvalue weighted by atomic mass is 10.2. The van der Waals surface area contributed by atoms with Crippen molar-refractivity contribution in [1.29, 1.82) is 0 Å². The Bertz CT molecular complexity index is 1000. The highest BCUT2D eigenvalue weighted by Gasteiger charge is 2.05. The van der Waals surface area contributed by atoms with Crippen LogP contribution in [0.3, 0.4) is 0 Å². The fraction of sp³-hybridized carbons (Fsp3) is 0.150. The number of aromatic nitrogens is 2. The first-order valence-electron chi connectivity index (χ1n) is 7.74. The predicted octanol–water partition coefficient (Wildman–Crippen LogP) is 4.61. The molecule has 3 heteroatoms. The number of ether oxygens (including phenoxy) is 1. The molecule has 2 aromatic carbocycles. The summed E-state index contributed by atoms with van der Waals surface area (Å²) in [5.41, 5.74) is 4.41. The Hall–Kier alpha value is -2.81. The molecule has 114 valence electrons. The molecule has 3 nitrogen and oxygen atoms in total. The van der Waals surface area contributed by atoms with E-state index in [9.17, 15) is 0 Å². The zero-order valence-corrected chi connectivity index (χ0v) is 13.3. The molecule has 0 atom stereocenters. The van der Waals surface area contributed by atoms with Crippen molar-refractivity contribution in [1.82, 2.24) is 9.55 Å². The number of fused-ring (bicyclic) bond motifs is 2. The van der Waals surface area contributed by atoms with Crippen LogP contribution in [-0.4, -0.2) is 9.55 Å². The van der Waals surface area contributed by atoms with E-state index < -0.39 is 0 Å². The van der Waals surface area contributed by atoms with E-state index in [2.05, 4.69) is 53.9 Å². The third-order valence-corrected chi connectivity index (χ3v) is 4.30. The molecule has 0 aliphatic carbocycles. The molecule has 0 amide bonds. The van der Waals surface area contributed by atoms with E-state index in [1.165, 1.54) is 16.6 Å². The molecule has 2 heterocycles. The van der Waals surface area contributed by atoms with E-state index in [1.807, 2.05) is 30.3 Å². The molecular formula is C20H18N2O. The van der Waals surface area contributed by atoms with Crippen molar-refractivity contribution in [3.8, 4) is 5.75 Å². The molecule has 23 heavy (non-hydrogen) atoms. The number of para-hydroxylation sites is 1. The van der Waals surface area contributed by atoms with Crippen LogP contribution in [0.15, 0.2) is 60.7 Å². The summed E-state index contributed by atoms with van der Waals surface area (Å²) in [6.07, 6.45) is 0. The monoisotopic (exact) mass is 302 g/mol. The van der Waals surface area contributed by atoms with Gasteiger partial charge in [0.1, 0.15) is 12.4 Å². The maximum absolute atomic E-state index is 5.93. The minimum absolute atomic E-state index is 0.474. The van der Waals surface area contributed by atoms with E-state index in [0.29, 0.717) is 6.61 Å². The van der Waals surface area contributed by atoms with Gasteiger partial charge in [0.05, 0.1) is 11.2 Å².